The Kier molecular flexibility index (Phi) is 3.96. The number of nitrogens with zero attached hydrogens (tertiary/aromatic N) is 1. The van der Waals surface area contributed by atoms with Crippen molar-refractivity contribution in [1.82, 2.24) is 10.2 Å². The van der Waals surface area contributed by atoms with E-state index in [0.29, 0.717) is 13.1 Å². The van der Waals surface area contributed by atoms with E-state index in [0.717, 1.165) is 6.92 Å². The molecule has 1 saturated heterocycles. The van der Waals surface area contributed by atoms with Gasteiger partial charge in [-0.3, -0.25) is 0 Å². The van der Waals surface area contributed by atoms with E-state index < -0.39 is 23.7 Å². The Balaban J connectivity index is 2.58. The van der Waals surface area contributed by atoms with Gasteiger partial charge in [-0.25, -0.2) is 13.6 Å². The van der Waals surface area contributed by atoms with E-state index in [2.05, 4.69) is 5.32 Å². The van der Waals surface area contributed by atoms with E-state index >= 15 is 0 Å². The lowest BCUT2D eigenvalue weighted by molar-refractivity contribution is -0.0434. The first kappa shape index (κ1) is 14.2. The molecule has 0 radical (unpaired) electrons. The van der Waals surface area contributed by atoms with Crippen molar-refractivity contribution in [3.8, 4) is 0 Å². The van der Waals surface area contributed by atoms with Crippen LogP contribution in [0.2, 0.25) is 0 Å². The average Bonchev–Trinajstić information content (AvgIpc) is 2.14. The predicted molar refractivity (Wildman–Crippen MR) is 60.2 cm³/mol. The molecule has 0 saturated carbocycles. The highest BCUT2D eigenvalue weighted by molar-refractivity contribution is 5.68. The molecule has 0 aromatic heterocycles. The van der Waals surface area contributed by atoms with Crippen LogP contribution >= 0.6 is 0 Å². The first-order chi connectivity index (χ1) is 7.59. The number of nitrogens with one attached hydrogen (secondary N) is 1. The van der Waals surface area contributed by atoms with Gasteiger partial charge in [0.15, 0.2) is 0 Å². The maximum atomic E-state index is 13.1. The summed E-state index contributed by atoms with van der Waals surface area (Å²) in [5, 5.41) is 2.71. The zero-order valence-corrected chi connectivity index (χ0v) is 10.7. The van der Waals surface area contributed by atoms with Gasteiger partial charge in [0.05, 0.1) is 6.04 Å². The SMILES string of the molecule is CC(C)(C)OC(=O)N1CCN[C@H](C(C)(F)F)C1. The number of piperazine rings is 1. The van der Waals surface area contributed by atoms with Crippen molar-refractivity contribution in [2.45, 2.75) is 45.3 Å². The van der Waals surface area contributed by atoms with Gasteiger partial charge in [0.1, 0.15) is 5.60 Å². The first-order valence-corrected chi connectivity index (χ1v) is 5.69. The summed E-state index contributed by atoms with van der Waals surface area (Å²) in [4.78, 5) is 13.0. The van der Waals surface area contributed by atoms with Gasteiger partial charge < -0.3 is 15.0 Å². The highest BCUT2D eigenvalue weighted by atomic mass is 19.3. The predicted octanol–water partition coefficient (Wildman–Crippen LogP) is 1.85. The Morgan fingerprint density at radius 2 is 1.94 bits per heavy atom. The zero-order valence-electron chi connectivity index (χ0n) is 10.7. The van der Waals surface area contributed by atoms with Crippen molar-refractivity contribution in [2.75, 3.05) is 19.6 Å². The highest BCUT2D eigenvalue weighted by Crippen LogP contribution is 2.21. The summed E-state index contributed by atoms with van der Waals surface area (Å²) in [6.45, 7) is 6.81. The molecule has 6 heteroatoms. The number of ether oxygens (including phenoxy) is 1. The summed E-state index contributed by atoms with van der Waals surface area (Å²) in [7, 11) is 0. The second-order valence-corrected chi connectivity index (χ2v) is 5.39. The van der Waals surface area contributed by atoms with Gasteiger partial charge in [0.2, 0.25) is 0 Å². The van der Waals surface area contributed by atoms with Crippen LogP contribution in [0, 0.1) is 0 Å². The van der Waals surface area contributed by atoms with Gasteiger partial charge in [0.25, 0.3) is 5.92 Å². The molecule has 0 bridgehead atoms. The van der Waals surface area contributed by atoms with Crippen molar-refractivity contribution in [3.63, 3.8) is 0 Å². The molecule has 0 spiro atoms. The van der Waals surface area contributed by atoms with E-state index in [1.807, 2.05) is 0 Å². The van der Waals surface area contributed by atoms with Crippen LogP contribution in [0.5, 0.6) is 0 Å². The fourth-order valence-corrected chi connectivity index (χ4v) is 1.58. The number of carbonyl (C=O) groups is 1. The molecule has 0 unspecified atom stereocenters. The third kappa shape index (κ3) is 4.46. The van der Waals surface area contributed by atoms with Crippen LogP contribution in [0.3, 0.4) is 0 Å². The Hall–Kier alpha value is -0.910. The minimum absolute atomic E-state index is 0.0294. The number of amides is 1. The molecule has 0 aliphatic carbocycles. The number of hydrogen-bond donors (Lipinski definition) is 1. The van der Waals surface area contributed by atoms with E-state index in [4.69, 9.17) is 4.74 Å². The number of carbonyl (C=O) groups excluding carboxylic acids is 1. The lowest BCUT2D eigenvalue weighted by atomic mass is 10.1. The number of alkyl halides is 2. The normalized spacial score (nSPS) is 22.5. The smallest absolute Gasteiger partial charge is 0.410 e. The molecule has 1 rings (SSSR count). The lowest BCUT2D eigenvalue weighted by Crippen LogP contribution is -2.59. The Morgan fingerprint density at radius 3 is 2.41 bits per heavy atom. The van der Waals surface area contributed by atoms with Crippen LogP contribution in [0.4, 0.5) is 13.6 Å². The molecule has 1 N–H and O–H groups in total. The fraction of sp³-hybridized carbons (Fsp3) is 0.909. The van der Waals surface area contributed by atoms with Gasteiger partial charge in [-0.2, -0.15) is 0 Å². The van der Waals surface area contributed by atoms with Crippen LogP contribution in [-0.4, -0.2) is 48.2 Å². The largest absolute Gasteiger partial charge is 0.444 e. The monoisotopic (exact) mass is 250 g/mol. The van der Waals surface area contributed by atoms with Crippen LogP contribution in [-0.2, 0) is 4.74 Å². The molecule has 17 heavy (non-hydrogen) atoms. The first-order valence-electron chi connectivity index (χ1n) is 5.69. The van der Waals surface area contributed by atoms with E-state index in [1.165, 1.54) is 4.90 Å². The molecule has 0 aromatic carbocycles. The summed E-state index contributed by atoms with van der Waals surface area (Å²) < 4.78 is 31.4. The molecule has 100 valence electrons. The molecule has 0 aromatic rings. The Morgan fingerprint density at radius 1 is 1.35 bits per heavy atom. The minimum Gasteiger partial charge on any atom is -0.444 e. The maximum Gasteiger partial charge on any atom is 0.410 e. The van der Waals surface area contributed by atoms with Gasteiger partial charge in [-0.1, -0.05) is 0 Å². The molecule has 4 nitrogen and oxygen atoms in total. The number of halogens is 2. The molecule has 1 heterocycles. The van der Waals surface area contributed by atoms with E-state index in [1.54, 1.807) is 20.8 Å². The molecule has 1 amide bonds. The summed E-state index contributed by atoms with van der Waals surface area (Å²) in [5.74, 6) is -2.85. The van der Waals surface area contributed by atoms with Crippen molar-refractivity contribution in [1.29, 1.82) is 0 Å². The second kappa shape index (κ2) is 4.76. The zero-order chi connectivity index (χ0) is 13.3. The second-order valence-electron chi connectivity index (χ2n) is 5.39. The average molecular weight is 250 g/mol. The van der Waals surface area contributed by atoms with Crippen LogP contribution in [0.15, 0.2) is 0 Å². The third-order valence-electron chi connectivity index (χ3n) is 2.44. The fourth-order valence-electron chi connectivity index (χ4n) is 1.58. The highest BCUT2D eigenvalue weighted by Gasteiger charge is 2.39. The van der Waals surface area contributed by atoms with Gasteiger partial charge in [-0.05, 0) is 20.8 Å². The van der Waals surface area contributed by atoms with Crippen molar-refractivity contribution in [3.05, 3.63) is 0 Å². The van der Waals surface area contributed by atoms with Crippen molar-refractivity contribution in [2.24, 2.45) is 0 Å². The summed E-state index contributed by atoms with van der Waals surface area (Å²) in [5.41, 5.74) is -0.605. The van der Waals surface area contributed by atoms with E-state index in [-0.39, 0.29) is 6.54 Å². The Bertz CT molecular complexity index is 284. The van der Waals surface area contributed by atoms with E-state index in [9.17, 15) is 13.6 Å². The number of rotatable bonds is 1. The van der Waals surface area contributed by atoms with Crippen LogP contribution in [0.25, 0.3) is 0 Å². The van der Waals surface area contributed by atoms with Crippen LogP contribution in [0.1, 0.15) is 27.7 Å². The Labute approximate surface area is 100 Å². The standard InChI is InChI=1S/C11H20F2N2O2/c1-10(2,3)17-9(16)15-6-5-14-8(7-15)11(4,12)13/h8,14H,5-7H2,1-4H3/t8-/m0/s1. The van der Waals surface area contributed by atoms with Gasteiger partial charge >= 0.3 is 6.09 Å². The molecule has 1 fully saturated rings. The molecular weight excluding hydrogens is 230 g/mol. The summed E-state index contributed by atoms with van der Waals surface area (Å²) in [6, 6.07) is -1.01. The lowest BCUT2D eigenvalue weighted by Gasteiger charge is -2.36. The molecule has 1 aliphatic rings. The topological polar surface area (TPSA) is 41.6 Å². The molecular formula is C11H20F2N2O2. The van der Waals surface area contributed by atoms with Crippen LogP contribution < -0.4 is 5.32 Å². The third-order valence-corrected chi connectivity index (χ3v) is 2.44. The summed E-state index contributed by atoms with van der Waals surface area (Å²) in [6.07, 6.45) is -0.534. The van der Waals surface area contributed by atoms with Gasteiger partial charge in [-0.15, -0.1) is 0 Å². The molecule has 1 atom stereocenters. The van der Waals surface area contributed by atoms with Crippen molar-refractivity contribution < 1.29 is 18.3 Å². The quantitative estimate of drug-likeness (QED) is 0.772. The number of hydrogen-bond acceptors (Lipinski definition) is 3. The summed E-state index contributed by atoms with van der Waals surface area (Å²) >= 11 is 0. The molecule has 1 aliphatic heterocycles. The maximum absolute atomic E-state index is 13.1. The minimum atomic E-state index is -2.85. The van der Waals surface area contributed by atoms with Crippen molar-refractivity contribution >= 4 is 6.09 Å². The van der Waals surface area contributed by atoms with Gasteiger partial charge in [0, 0.05) is 26.6 Å².